The van der Waals surface area contributed by atoms with Gasteiger partial charge in [-0.25, -0.2) is 9.97 Å². The molecule has 0 bridgehead atoms. The average molecular weight is 255 g/mol. The highest BCUT2D eigenvalue weighted by atomic mass is 35.5. The predicted octanol–water partition coefficient (Wildman–Crippen LogP) is 1.21. The van der Waals surface area contributed by atoms with Crippen LogP contribution in [0, 0.1) is 0 Å². The van der Waals surface area contributed by atoms with Gasteiger partial charge in [0.1, 0.15) is 23.6 Å². The highest BCUT2D eigenvalue weighted by Gasteiger charge is 2.18. The number of hydrogen-bond acceptors (Lipinski definition) is 5. The Morgan fingerprint density at radius 2 is 2.24 bits per heavy atom. The quantitative estimate of drug-likeness (QED) is 0.646. The van der Waals surface area contributed by atoms with E-state index in [0.717, 1.165) is 38.0 Å². The number of aromatic nitrogens is 2. The molecule has 17 heavy (non-hydrogen) atoms. The average Bonchev–Trinajstić information content (AvgIpc) is 2.32. The number of nitrogens with one attached hydrogen (secondary N) is 1. The molecular weight excluding hydrogens is 240 g/mol. The molecule has 1 aromatic rings. The molecule has 0 aromatic carbocycles. The van der Waals surface area contributed by atoms with E-state index >= 15 is 0 Å². The maximum Gasteiger partial charge on any atom is 0.134 e. The maximum atomic E-state index is 10.4. The van der Waals surface area contributed by atoms with Crippen molar-refractivity contribution in [1.29, 1.82) is 0 Å². The summed E-state index contributed by atoms with van der Waals surface area (Å²) in [6, 6.07) is 2.11. The summed E-state index contributed by atoms with van der Waals surface area (Å²) in [7, 11) is 0. The molecule has 0 amide bonds. The number of carbonyl (C=O) groups is 1. The Hall–Kier alpha value is -1.20. The van der Waals surface area contributed by atoms with Crippen LogP contribution >= 0.6 is 11.6 Å². The Bertz CT molecular complexity index is 379. The first kappa shape index (κ1) is 12.3. The second-order valence-electron chi connectivity index (χ2n) is 4.11. The van der Waals surface area contributed by atoms with Crippen LogP contribution in [0.1, 0.15) is 12.8 Å². The Labute approximate surface area is 105 Å². The van der Waals surface area contributed by atoms with Gasteiger partial charge in [-0.1, -0.05) is 11.6 Å². The molecule has 0 radical (unpaired) electrons. The number of carbonyl (C=O) groups excluding carboxylic acids is 1. The number of nitrogens with zero attached hydrogens (tertiary/aromatic N) is 3. The van der Waals surface area contributed by atoms with Crippen molar-refractivity contribution >= 4 is 23.7 Å². The minimum atomic E-state index is 0.392. The van der Waals surface area contributed by atoms with Crippen molar-refractivity contribution < 1.29 is 4.79 Å². The Morgan fingerprint density at radius 1 is 1.47 bits per heavy atom. The summed E-state index contributed by atoms with van der Waals surface area (Å²) in [6.07, 6.45) is 4.43. The first-order valence-corrected chi connectivity index (χ1v) is 6.06. The Balaban J connectivity index is 1.83. The van der Waals surface area contributed by atoms with Gasteiger partial charge in [-0.2, -0.15) is 0 Å². The highest BCUT2D eigenvalue weighted by molar-refractivity contribution is 6.29. The van der Waals surface area contributed by atoms with E-state index in [1.54, 1.807) is 6.07 Å². The van der Waals surface area contributed by atoms with Gasteiger partial charge in [0.2, 0.25) is 0 Å². The van der Waals surface area contributed by atoms with Crippen LogP contribution in [0.25, 0.3) is 0 Å². The number of rotatable bonds is 4. The van der Waals surface area contributed by atoms with Crippen molar-refractivity contribution in [2.24, 2.45) is 0 Å². The van der Waals surface area contributed by atoms with Gasteiger partial charge in [-0.15, -0.1) is 0 Å². The van der Waals surface area contributed by atoms with Crippen LogP contribution in [0.4, 0.5) is 5.82 Å². The first-order valence-electron chi connectivity index (χ1n) is 5.68. The Morgan fingerprint density at radius 3 is 2.88 bits per heavy atom. The molecule has 0 spiro atoms. The molecule has 2 heterocycles. The van der Waals surface area contributed by atoms with E-state index in [9.17, 15) is 4.79 Å². The third kappa shape index (κ3) is 3.64. The molecule has 2 rings (SSSR count). The molecule has 1 saturated heterocycles. The molecule has 0 aliphatic carbocycles. The lowest BCUT2D eigenvalue weighted by molar-refractivity contribution is -0.109. The van der Waals surface area contributed by atoms with E-state index in [2.05, 4.69) is 20.2 Å². The zero-order valence-corrected chi connectivity index (χ0v) is 10.2. The summed E-state index contributed by atoms with van der Waals surface area (Å²) >= 11 is 5.79. The zero-order chi connectivity index (χ0) is 12.1. The molecule has 0 unspecified atom stereocenters. The lowest BCUT2D eigenvalue weighted by Crippen LogP contribution is -2.39. The summed E-state index contributed by atoms with van der Waals surface area (Å²) in [6.45, 7) is 2.41. The number of likely N-dealkylation sites (tertiary alicyclic amines) is 1. The third-order valence-corrected chi connectivity index (χ3v) is 3.11. The number of anilines is 1. The summed E-state index contributed by atoms with van der Waals surface area (Å²) in [5.74, 6) is 0.763. The normalized spacial score (nSPS) is 17.9. The second kappa shape index (κ2) is 5.93. The third-order valence-electron chi connectivity index (χ3n) is 2.91. The summed E-state index contributed by atoms with van der Waals surface area (Å²) < 4.78 is 0. The van der Waals surface area contributed by atoms with Gasteiger partial charge in [0, 0.05) is 25.2 Å². The first-order chi connectivity index (χ1) is 8.28. The fourth-order valence-corrected chi connectivity index (χ4v) is 2.13. The smallest absolute Gasteiger partial charge is 0.134 e. The van der Waals surface area contributed by atoms with Crippen molar-refractivity contribution in [1.82, 2.24) is 14.9 Å². The number of hydrogen-bond donors (Lipinski definition) is 1. The van der Waals surface area contributed by atoms with Crippen LogP contribution in [0.15, 0.2) is 12.4 Å². The van der Waals surface area contributed by atoms with E-state index < -0.39 is 0 Å². The fraction of sp³-hybridized carbons (Fsp3) is 0.545. The number of piperidine rings is 1. The minimum Gasteiger partial charge on any atom is -0.367 e. The number of halogens is 1. The molecule has 0 atom stereocenters. The fourth-order valence-electron chi connectivity index (χ4n) is 1.99. The van der Waals surface area contributed by atoms with Crippen LogP contribution in [0.3, 0.4) is 0 Å². The van der Waals surface area contributed by atoms with Crippen LogP contribution in [0.2, 0.25) is 5.15 Å². The maximum absolute atomic E-state index is 10.4. The highest BCUT2D eigenvalue weighted by Crippen LogP contribution is 2.16. The van der Waals surface area contributed by atoms with Crippen molar-refractivity contribution in [2.45, 2.75) is 18.9 Å². The molecule has 1 N–H and O–H groups in total. The van der Waals surface area contributed by atoms with Crippen LogP contribution in [-0.2, 0) is 4.79 Å². The van der Waals surface area contributed by atoms with Gasteiger partial charge in [0.05, 0.1) is 6.54 Å². The standard InChI is InChI=1S/C11H15ClN4O/c12-10-7-11(14-8-13-10)15-9-1-3-16(4-2-9)5-6-17/h6-9H,1-5H2,(H,13,14,15). The van der Waals surface area contributed by atoms with Crippen molar-refractivity contribution in [3.63, 3.8) is 0 Å². The summed E-state index contributed by atoms with van der Waals surface area (Å²) in [5.41, 5.74) is 0. The molecule has 92 valence electrons. The van der Waals surface area contributed by atoms with E-state index in [1.165, 1.54) is 6.33 Å². The van der Waals surface area contributed by atoms with Gasteiger partial charge in [-0.05, 0) is 12.8 Å². The van der Waals surface area contributed by atoms with Gasteiger partial charge in [-0.3, -0.25) is 4.90 Å². The second-order valence-corrected chi connectivity index (χ2v) is 4.50. The van der Waals surface area contributed by atoms with Gasteiger partial charge in [0.15, 0.2) is 0 Å². The lowest BCUT2D eigenvalue weighted by Gasteiger charge is -2.31. The van der Waals surface area contributed by atoms with E-state index in [0.29, 0.717) is 17.7 Å². The van der Waals surface area contributed by atoms with Gasteiger partial charge >= 0.3 is 0 Å². The summed E-state index contributed by atoms with van der Waals surface area (Å²) in [4.78, 5) is 20.5. The minimum absolute atomic E-state index is 0.392. The molecule has 1 aliphatic rings. The SMILES string of the molecule is O=CCN1CCC(Nc2cc(Cl)ncn2)CC1. The molecule has 1 aromatic heterocycles. The molecule has 6 heteroatoms. The molecule has 5 nitrogen and oxygen atoms in total. The predicted molar refractivity (Wildman–Crippen MR) is 66.2 cm³/mol. The van der Waals surface area contributed by atoms with Crippen LogP contribution < -0.4 is 5.32 Å². The van der Waals surface area contributed by atoms with Gasteiger partial charge in [0.25, 0.3) is 0 Å². The monoisotopic (exact) mass is 254 g/mol. The summed E-state index contributed by atoms with van der Waals surface area (Å²) in [5, 5.41) is 3.78. The number of aldehydes is 1. The van der Waals surface area contributed by atoms with Crippen molar-refractivity contribution in [2.75, 3.05) is 25.0 Å². The molecule has 1 aliphatic heterocycles. The Kier molecular flexibility index (Phi) is 4.28. The van der Waals surface area contributed by atoms with Crippen LogP contribution in [0.5, 0.6) is 0 Å². The molecule has 0 saturated carbocycles. The van der Waals surface area contributed by atoms with E-state index in [4.69, 9.17) is 11.6 Å². The zero-order valence-electron chi connectivity index (χ0n) is 9.47. The largest absolute Gasteiger partial charge is 0.367 e. The van der Waals surface area contributed by atoms with E-state index in [-0.39, 0.29) is 0 Å². The van der Waals surface area contributed by atoms with Crippen molar-refractivity contribution in [3.8, 4) is 0 Å². The van der Waals surface area contributed by atoms with Crippen LogP contribution in [-0.4, -0.2) is 46.8 Å². The van der Waals surface area contributed by atoms with Gasteiger partial charge < -0.3 is 10.1 Å². The van der Waals surface area contributed by atoms with E-state index in [1.807, 2.05) is 0 Å². The topological polar surface area (TPSA) is 58.1 Å². The lowest BCUT2D eigenvalue weighted by atomic mass is 10.1. The molecule has 1 fully saturated rings. The molecular formula is C11H15ClN4O. The van der Waals surface area contributed by atoms with Crippen molar-refractivity contribution in [3.05, 3.63) is 17.5 Å².